The van der Waals surface area contributed by atoms with Crippen molar-refractivity contribution in [2.24, 2.45) is 0 Å². The molecule has 2 heteroatoms. The second-order valence-corrected chi connectivity index (χ2v) is 9.55. The van der Waals surface area contributed by atoms with Crippen LogP contribution in [-0.2, 0) is 12.8 Å². The molecule has 32 heavy (non-hydrogen) atoms. The summed E-state index contributed by atoms with van der Waals surface area (Å²) in [5.74, 6) is 0. The van der Waals surface area contributed by atoms with Crippen molar-refractivity contribution in [2.45, 2.75) is 129 Å². The van der Waals surface area contributed by atoms with Crippen LogP contribution in [-0.4, -0.2) is 9.97 Å². The molecule has 0 spiro atoms. The molecule has 0 bridgehead atoms. The number of rotatable bonds is 19. The molecule has 0 N–H and O–H groups in total. The van der Waals surface area contributed by atoms with Crippen molar-refractivity contribution in [3.05, 3.63) is 47.8 Å². The summed E-state index contributed by atoms with van der Waals surface area (Å²) in [5.41, 5.74) is 4.85. The van der Waals surface area contributed by atoms with Crippen LogP contribution in [0.25, 0.3) is 11.4 Å². The summed E-state index contributed by atoms with van der Waals surface area (Å²) >= 11 is 0. The molecule has 0 unspecified atom stereocenters. The molecule has 0 aliphatic carbocycles. The second kappa shape index (κ2) is 17.8. The maximum absolute atomic E-state index is 4.62. The average Bonchev–Trinajstić information content (AvgIpc) is 2.83. The Hall–Kier alpha value is -1.70. The summed E-state index contributed by atoms with van der Waals surface area (Å²) in [7, 11) is 0. The third kappa shape index (κ3) is 11.8. The summed E-state index contributed by atoms with van der Waals surface area (Å²) in [6, 6.07) is 8.86. The summed E-state index contributed by atoms with van der Waals surface area (Å²) in [6.07, 6.45) is 28.1. The zero-order valence-electron chi connectivity index (χ0n) is 21.1. The van der Waals surface area contributed by atoms with Gasteiger partial charge in [-0.3, -0.25) is 9.97 Å². The van der Waals surface area contributed by atoms with Crippen LogP contribution in [0.2, 0.25) is 0 Å². The summed E-state index contributed by atoms with van der Waals surface area (Å²) in [6.45, 7) is 4.57. The van der Waals surface area contributed by atoms with Crippen molar-refractivity contribution < 1.29 is 0 Å². The Labute approximate surface area is 198 Å². The maximum atomic E-state index is 4.62. The number of hydrogen-bond acceptors (Lipinski definition) is 2. The van der Waals surface area contributed by atoms with E-state index < -0.39 is 0 Å². The zero-order valence-corrected chi connectivity index (χ0v) is 21.1. The first-order chi connectivity index (χ1) is 15.8. The molecule has 0 atom stereocenters. The number of pyridine rings is 2. The summed E-state index contributed by atoms with van der Waals surface area (Å²) < 4.78 is 0. The lowest BCUT2D eigenvalue weighted by atomic mass is 10.0. The molecule has 0 amide bonds. The van der Waals surface area contributed by atoms with E-state index in [0.717, 1.165) is 24.2 Å². The predicted molar refractivity (Wildman–Crippen MR) is 140 cm³/mol. The van der Waals surface area contributed by atoms with Crippen molar-refractivity contribution in [1.29, 1.82) is 0 Å². The normalized spacial score (nSPS) is 11.2. The van der Waals surface area contributed by atoms with Gasteiger partial charge >= 0.3 is 0 Å². The molecule has 0 aliphatic heterocycles. The number of nitrogens with zero attached hydrogens (tertiary/aromatic N) is 2. The van der Waals surface area contributed by atoms with Gasteiger partial charge in [0.2, 0.25) is 0 Å². The predicted octanol–water partition coefficient (Wildman–Crippen LogP) is 9.51. The van der Waals surface area contributed by atoms with E-state index in [0.29, 0.717) is 0 Å². The molecule has 2 rings (SSSR count). The molecule has 0 saturated heterocycles. The van der Waals surface area contributed by atoms with Crippen LogP contribution in [0.1, 0.15) is 128 Å². The fourth-order valence-corrected chi connectivity index (χ4v) is 4.47. The first kappa shape index (κ1) is 26.6. The highest BCUT2D eigenvalue weighted by atomic mass is 14.8. The second-order valence-electron chi connectivity index (χ2n) is 9.55. The molecular weight excluding hydrogens is 388 g/mol. The smallest absolute Gasteiger partial charge is 0.0888 e. The van der Waals surface area contributed by atoms with Crippen LogP contribution < -0.4 is 0 Å². The first-order valence-corrected chi connectivity index (χ1v) is 13.7. The van der Waals surface area contributed by atoms with E-state index >= 15 is 0 Å². The average molecular weight is 437 g/mol. The fourth-order valence-electron chi connectivity index (χ4n) is 4.47. The number of unbranched alkanes of at least 4 members (excludes halogenated alkanes) is 14. The van der Waals surface area contributed by atoms with Crippen LogP contribution in [0.3, 0.4) is 0 Å². The van der Waals surface area contributed by atoms with E-state index in [1.54, 1.807) is 0 Å². The van der Waals surface area contributed by atoms with Gasteiger partial charge < -0.3 is 0 Å². The minimum atomic E-state index is 1.03. The molecule has 2 heterocycles. The number of hydrogen-bond donors (Lipinski definition) is 0. The molecule has 0 fully saturated rings. The van der Waals surface area contributed by atoms with Crippen molar-refractivity contribution in [3.63, 3.8) is 0 Å². The van der Waals surface area contributed by atoms with Crippen molar-refractivity contribution in [2.75, 3.05) is 0 Å². The van der Waals surface area contributed by atoms with Crippen molar-refractivity contribution in [3.8, 4) is 11.4 Å². The fraction of sp³-hybridized carbons (Fsp3) is 0.667. The lowest BCUT2D eigenvalue weighted by Crippen LogP contribution is -1.94. The van der Waals surface area contributed by atoms with Gasteiger partial charge in [0.05, 0.1) is 11.4 Å². The Morgan fingerprint density at radius 2 is 0.812 bits per heavy atom. The zero-order chi connectivity index (χ0) is 22.7. The number of aromatic nitrogens is 2. The Bertz CT molecular complexity index is 648. The topological polar surface area (TPSA) is 25.8 Å². The molecule has 2 aromatic heterocycles. The van der Waals surface area contributed by atoms with Gasteiger partial charge in [-0.1, -0.05) is 104 Å². The third-order valence-corrected chi connectivity index (χ3v) is 6.55. The molecule has 178 valence electrons. The summed E-state index contributed by atoms with van der Waals surface area (Å²) in [4.78, 5) is 9.24. The Morgan fingerprint density at radius 3 is 1.19 bits per heavy atom. The van der Waals surface area contributed by atoms with Gasteiger partial charge in [0.1, 0.15) is 0 Å². The van der Waals surface area contributed by atoms with E-state index in [1.165, 1.54) is 114 Å². The first-order valence-electron chi connectivity index (χ1n) is 13.7. The van der Waals surface area contributed by atoms with E-state index in [4.69, 9.17) is 0 Å². The van der Waals surface area contributed by atoms with Gasteiger partial charge in [-0.25, -0.2) is 0 Å². The van der Waals surface area contributed by atoms with Crippen molar-refractivity contribution >= 4 is 0 Å². The minimum absolute atomic E-state index is 1.03. The lowest BCUT2D eigenvalue weighted by molar-refractivity contribution is 0.575. The minimum Gasteiger partial charge on any atom is -0.255 e. The highest BCUT2D eigenvalue weighted by molar-refractivity contribution is 5.55. The van der Waals surface area contributed by atoms with Gasteiger partial charge in [0.15, 0.2) is 0 Å². The highest BCUT2D eigenvalue weighted by Gasteiger charge is 2.05. The lowest BCUT2D eigenvalue weighted by Gasteiger charge is -2.07. The number of aryl methyl sites for hydroxylation is 2. The molecule has 0 aromatic carbocycles. The van der Waals surface area contributed by atoms with E-state index in [9.17, 15) is 0 Å². The summed E-state index contributed by atoms with van der Waals surface area (Å²) in [5, 5.41) is 0. The molecule has 2 aromatic rings. The van der Waals surface area contributed by atoms with Gasteiger partial charge in [0, 0.05) is 12.4 Å². The van der Waals surface area contributed by atoms with Crippen LogP contribution in [0, 0.1) is 0 Å². The van der Waals surface area contributed by atoms with Gasteiger partial charge in [0.25, 0.3) is 0 Å². The van der Waals surface area contributed by atoms with E-state index in [-0.39, 0.29) is 0 Å². The standard InChI is InChI=1S/C30H48N2/c1-3-5-7-9-11-13-15-17-19-27-21-23-31-29(25-27)30-26-28(22-24-32-30)20-18-16-14-12-10-8-6-4-2/h21-26H,3-20H2,1-2H3. The van der Waals surface area contributed by atoms with E-state index in [1.807, 2.05) is 12.4 Å². The molecule has 0 radical (unpaired) electrons. The van der Waals surface area contributed by atoms with E-state index in [2.05, 4.69) is 48.1 Å². The molecule has 0 saturated carbocycles. The SMILES string of the molecule is CCCCCCCCCCc1ccnc(-c2cc(CCCCCCCCCC)ccn2)c1. The Kier molecular flexibility index (Phi) is 14.8. The Balaban J connectivity index is 1.70. The van der Waals surface area contributed by atoms with Crippen molar-refractivity contribution in [1.82, 2.24) is 9.97 Å². The molecule has 0 aliphatic rings. The van der Waals surface area contributed by atoms with Crippen LogP contribution in [0.15, 0.2) is 36.7 Å². The van der Waals surface area contributed by atoms with Crippen LogP contribution in [0.5, 0.6) is 0 Å². The van der Waals surface area contributed by atoms with Gasteiger partial charge in [-0.15, -0.1) is 0 Å². The molecule has 2 nitrogen and oxygen atoms in total. The van der Waals surface area contributed by atoms with Crippen LogP contribution in [0.4, 0.5) is 0 Å². The maximum Gasteiger partial charge on any atom is 0.0888 e. The van der Waals surface area contributed by atoms with Crippen LogP contribution >= 0.6 is 0 Å². The largest absolute Gasteiger partial charge is 0.255 e. The quantitative estimate of drug-likeness (QED) is 0.205. The third-order valence-electron chi connectivity index (χ3n) is 6.55. The van der Waals surface area contributed by atoms with Gasteiger partial charge in [-0.2, -0.15) is 0 Å². The highest BCUT2D eigenvalue weighted by Crippen LogP contribution is 2.20. The van der Waals surface area contributed by atoms with Gasteiger partial charge in [-0.05, 0) is 61.1 Å². The molecular formula is C30H48N2. The monoisotopic (exact) mass is 436 g/mol. The Morgan fingerprint density at radius 1 is 0.469 bits per heavy atom.